The largest absolute Gasteiger partial charge is 0.478 e. The molecule has 1 aliphatic rings. The number of ether oxygens (including phenoxy) is 1. The molecule has 0 radical (unpaired) electrons. The minimum atomic E-state index is -3.35. The van der Waals surface area contributed by atoms with Gasteiger partial charge in [0.2, 0.25) is 0 Å². The van der Waals surface area contributed by atoms with Crippen LogP contribution in [0.1, 0.15) is 49.7 Å². The highest BCUT2D eigenvalue weighted by Crippen LogP contribution is 2.60. The second-order valence-electron chi connectivity index (χ2n) is 8.00. The van der Waals surface area contributed by atoms with Crippen LogP contribution in [0.5, 0.6) is 5.75 Å². The maximum Gasteiger partial charge on any atom is 0.331 e. The Morgan fingerprint density at radius 2 is 2.00 bits per heavy atom. The molecule has 0 aromatic heterocycles. The van der Waals surface area contributed by atoms with Gasteiger partial charge in [-0.3, -0.25) is 9.11 Å². The van der Waals surface area contributed by atoms with Crippen molar-refractivity contribution in [2.45, 2.75) is 54.4 Å². The molecular formula is C24H30FNO5S2. The predicted octanol–water partition coefficient (Wildman–Crippen LogP) is 6.58. The zero-order valence-corrected chi connectivity index (χ0v) is 20.5. The van der Waals surface area contributed by atoms with E-state index in [1.807, 2.05) is 12.3 Å². The van der Waals surface area contributed by atoms with Crippen molar-refractivity contribution in [1.82, 2.24) is 4.31 Å². The SMILES string of the molecule is CCCCC1CC(c2ccc(F)cc2)c2cc(SC)c(O/C=C/C(=O)O)cc2S(O)(O)N1C. The Kier molecular flexibility index (Phi) is 8.47. The van der Waals surface area contributed by atoms with Gasteiger partial charge in [0.15, 0.2) is 0 Å². The van der Waals surface area contributed by atoms with E-state index in [9.17, 15) is 18.3 Å². The van der Waals surface area contributed by atoms with Crippen LogP contribution < -0.4 is 4.74 Å². The van der Waals surface area contributed by atoms with E-state index in [2.05, 4.69) is 6.92 Å². The highest BCUT2D eigenvalue weighted by Gasteiger charge is 2.39. The van der Waals surface area contributed by atoms with Crippen LogP contribution in [0.15, 0.2) is 58.5 Å². The summed E-state index contributed by atoms with van der Waals surface area (Å²) in [4.78, 5) is 11.9. The Labute approximate surface area is 199 Å². The van der Waals surface area contributed by atoms with Gasteiger partial charge in [-0.05, 0) is 48.4 Å². The number of hydrogen-bond donors (Lipinski definition) is 3. The maximum atomic E-state index is 13.7. The predicted molar refractivity (Wildman–Crippen MR) is 131 cm³/mol. The number of fused-ring (bicyclic) bond motifs is 1. The summed E-state index contributed by atoms with van der Waals surface area (Å²) in [6.45, 7) is 2.10. The third-order valence-corrected chi connectivity index (χ3v) is 8.76. The number of unbranched alkanes of at least 4 members (excludes halogenated alkanes) is 1. The lowest BCUT2D eigenvalue weighted by Gasteiger charge is -2.43. The molecule has 0 fully saturated rings. The molecule has 180 valence electrons. The number of aliphatic carboxylic acids is 1. The van der Waals surface area contributed by atoms with Crippen LogP contribution in [0.4, 0.5) is 4.39 Å². The molecule has 0 amide bonds. The molecule has 0 spiro atoms. The molecule has 2 aromatic carbocycles. The fourth-order valence-electron chi connectivity index (χ4n) is 4.14. The van der Waals surface area contributed by atoms with Crippen molar-refractivity contribution in [3.05, 3.63) is 65.7 Å². The molecule has 1 heterocycles. The normalized spacial score (nSPS) is 21.4. The van der Waals surface area contributed by atoms with E-state index in [0.717, 1.165) is 47.6 Å². The number of thioether (sulfide) groups is 1. The summed E-state index contributed by atoms with van der Waals surface area (Å²) in [6, 6.07) is 9.72. The average molecular weight is 496 g/mol. The van der Waals surface area contributed by atoms with Crippen molar-refractivity contribution in [1.29, 1.82) is 0 Å². The van der Waals surface area contributed by atoms with E-state index in [1.165, 1.54) is 23.9 Å². The molecule has 33 heavy (non-hydrogen) atoms. The Morgan fingerprint density at radius 3 is 2.61 bits per heavy atom. The standard InChI is InChI=1S/C24H30FNO5S2/c1-4-5-6-18-13-19(16-7-9-17(25)10-8-16)20-14-22(32-3)21(31-12-11-24(27)28)15-23(20)33(29,30)26(18)2/h7-12,14-15,18-19,29-30H,4-6,13H2,1-3H3,(H,27,28)/b12-11+. The van der Waals surface area contributed by atoms with Gasteiger partial charge in [0.1, 0.15) is 11.6 Å². The van der Waals surface area contributed by atoms with Gasteiger partial charge in [0, 0.05) is 25.1 Å². The first-order chi connectivity index (χ1) is 15.7. The number of carbonyl (C=O) groups is 1. The van der Waals surface area contributed by atoms with Crippen molar-refractivity contribution in [2.24, 2.45) is 0 Å². The molecule has 1 aliphatic heterocycles. The van der Waals surface area contributed by atoms with Gasteiger partial charge in [-0.2, -0.15) is 0 Å². The molecule has 0 saturated carbocycles. The second-order valence-corrected chi connectivity index (χ2v) is 10.9. The summed E-state index contributed by atoms with van der Waals surface area (Å²) in [6.07, 6.45) is 7.20. The van der Waals surface area contributed by atoms with Gasteiger partial charge < -0.3 is 9.84 Å². The molecule has 2 unspecified atom stereocenters. The maximum absolute atomic E-state index is 13.7. The monoisotopic (exact) mass is 495 g/mol. The van der Waals surface area contributed by atoms with Gasteiger partial charge in [-0.15, -0.1) is 22.5 Å². The second kappa shape index (κ2) is 10.9. The van der Waals surface area contributed by atoms with Gasteiger partial charge in [0.05, 0.1) is 22.1 Å². The zero-order valence-electron chi connectivity index (χ0n) is 18.9. The molecule has 6 nitrogen and oxygen atoms in total. The van der Waals surface area contributed by atoms with Crippen LogP contribution in [-0.4, -0.2) is 43.8 Å². The summed E-state index contributed by atoms with van der Waals surface area (Å²) in [5.74, 6) is -1.30. The van der Waals surface area contributed by atoms with Crippen molar-refractivity contribution in [3.8, 4) is 5.75 Å². The van der Waals surface area contributed by atoms with E-state index in [1.54, 1.807) is 29.6 Å². The molecule has 0 bridgehead atoms. The Hall–Kier alpha value is -2.04. The molecule has 2 atom stereocenters. The van der Waals surface area contributed by atoms with Crippen LogP contribution >= 0.6 is 22.5 Å². The number of carboxylic acid groups (broad SMARTS) is 1. The Balaban J connectivity index is 2.18. The summed E-state index contributed by atoms with van der Waals surface area (Å²) in [5.41, 5.74) is 1.66. The van der Waals surface area contributed by atoms with E-state index < -0.39 is 16.7 Å². The lowest BCUT2D eigenvalue weighted by atomic mass is 9.84. The Morgan fingerprint density at radius 1 is 1.30 bits per heavy atom. The topological polar surface area (TPSA) is 90.2 Å². The highest BCUT2D eigenvalue weighted by atomic mass is 32.3. The van der Waals surface area contributed by atoms with Crippen LogP contribution in [0.25, 0.3) is 0 Å². The quantitative estimate of drug-likeness (QED) is 0.217. The van der Waals surface area contributed by atoms with Crippen molar-refractivity contribution in [2.75, 3.05) is 13.3 Å². The average Bonchev–Trinajstić information content (AvgIpc) is 2.86. The summed E-state index contributed by atoms with van der Waals surface area (Å²) in [7, 11) is -1.62. The third kappa shape index (κ3) is 5.73. The van der Waals surface area contributed by atoms with Gasteiger partial charge in [0.25, 0.3) is 0 Å². The minimum absolute atomic E-state index is 0.0913. The lowest BCUT2D eigenvalue weighted by molar-refractivity contribution is -0.131. The summed E-state index contributed by atoms with van der Waals surface area (Å²) < 4.78 is 43.6. The molecule has 9 heteroatoms. The smallest absolute Gasteiger partial charge is 0.331 e. The number of rotatable bonds is 8. The van der Waals surface area contributed by atoms with E-state index >= 15 is 0 Å². The first-order valence-corrected chi connectivity index (χ1v) is 13.5. The van der Waals surface area contributed by atoms with E-state index in [4.69, 9.17) is 9.84 Å². The minimum Gasteiger partial charge on any atom is -0.478 e. The molecule has 3 rings (SSSR count). The van der Waals surface area contributed by atoms with Crippen LogP contribution in [0, 0.1) is 5.82 Å². The van der Waals surface area contributed by atoms with Gasteiger partial charge in [-0.1, -0.05) is 31.9 Å². The first kappa shape index (κ1) is 25.6. The van der Waals surface area contributed by atoms with Crippen LogP contribution in [0.2, 0.25) is 0 Å². The van der Waals surface area contributed by atoms with Crippen LogP contribution in [-0.2, 0) is 4.79 Å². The number of nitrogens with zero attached hydrogens (tertiary/aromatic N) is 1. The highest BCUT2D eigenvalue weighted by molar-refractivity contribution is 8.22. The fraction of sp³-hybridized carbons (Fsp3) is 0.375. The van der Waals surface area contributed by atoms with Crippen molar-refractivity contribution < 1.29 is 28.1 Å². The van der Waals surface area contributed by atoms with Crippen molar-refractivity contribution >= 4 is 28.5 Å². The van der Waals surface area contributed by atoms with Crippen LogP contribution in [0.3, 0.4) is 0 Å². The molecule has 3 N–H and O–H groups in total. The number of carboxylic acids is 1. The number of hydrogen-bond acceptors (Lipinski definition) is 6. The summed E-state index contributed by atoms with van der Waals surface area (Å²) in [5, 5.41) is 8.86. The lowest BCUT2D eigenvalue weighted by Crippen LogP contribution is -2.33. The van der Waals surface area contributed by atoms with E-state index in [-0.39, 0.29) is 17.8 Å². The van der Waals surface area contributed by atoms with Gasteiger partial charge >= 0.3 is 5.97 Å². The summed E-state index contributed by atoms with van der Waals surface area (Å²) >= 11 is 1.42. The molecule has 2 aromatic rings. The molecular weight excluding hydrogens is 465 g/mol. The van der Waals surface area contributed by atoms with Crippen molar-refractivity contribution in [3.63, 3.8) is 0 Å². The number of benzene rings is 2. The zero-order chi connectivity index (χ0) is 24.2. The Bertz CT molecular complexity index is 1010. The number of halogens is 1. The van der Waals surface area contributed by atoms with E-state index in [0.29, 0.717) is 17.1 Å². The molecule has 0 saturated heterocycles. The third-order valence-electron chi connectivity index (χ3n) is 5.96. The first-order valence-electron chi connectivity index (χ1n) is 10.7. The fourth-order valence-corrected chi connectivity index (χ4v) is 6.40. The molecule has 0 aliphatic carbocycles. The van der Waals surface area contributed by atoms with Gasteiger partial charge in [-0.25, -0.2) is 13.5 Å².